The Morgan fingerprint density at radius 3 is 2.15 bits per heavy atom. The van der Waals surface area contributed by atoms with E-state index in [4.69, 9.17) is 0 Å². The fourth-order valence-corrected chi connectivity index (χ4v) is 4.87. The third-order valence-electron chi connectivity index (χ3n) is 5.63. The molecule has 0 radical (unpaired) electrons. The zero-order valence-electron chi connectivity index (χ0n) is 14.1. The smallest absolute Gasteiger partial charge is 0.253 e. The van der Waals surface area contributed by atoms with Crippen LogP contribution in [0.2, 0.25) is 0 Å². The van der Waals surface area contributed by atoms with Crippen molar-refractivity contribution < 1.29 is 9.59 Å². The number of hydrogen-bond acceptors (Lipinski definition) is 4. The summed E-state index contributed by atoms with van der Waals surface area (Å²) >= 11 is 3.41. The number of halogens is 1. The minimum absolute atomic E-state index is 0.0689. The number of carbonyl (C=O) groups is 2. The molecule has 3 heterocycles. The van der Waals surface area contributed by atoms with E-state index in [1.165, 1.54) is 4.90 Å². The number of hydrazine groups is 1. The highest BCUT2D eigenvalue weighted by Gasteiger charge is 2.62. The number of amides is 2. The van der Waals surface area contributed by atoms with Gasteiger partial charge in [0.2, 0.25) is 5.91 Å². The van der Waals surface area contributed by atoms with E-state index < -0.39 is 0 Å². The molecule has 2 aromatic carbocycles. The molecule has 3 aliphatic rings. The number of imide groups is 1. The molecular weight excluding hydrogens is 394 g/mol. The summed E-state index contributed by atoms with van der Waals surface area (Å²) in [5, 5.41) is 4.36. The van der Waals surface area contributed by atoms with Crippen LogP contribution in [-0.4, -0.2) is 41.0 Å². The average Bonchev–Trinajstić information content (AvgIpc) is 3.29. The Hall–Kier alpha value is -2.02. The molecule has 5 nitrogen and oxygen atoms in total. The number of benzene rings is 2. The highest BCUT2D eigenvalue weighted by molar-refractivity contribution is 9.10. The van der Waals surface area contributed by atoms with Gasteiger partial charge in [0.15, 0.2) is 0 Å². The van der Waals surface area contributed by atoms with Gasteiger partial charge >= 0.3 is 0 Å². The van der Waals surface area contributed by atoms with Gasteiger partial charge in [-0.25, -0.2) is 14.9 Å². The van der Waals surface area contributed by atoms with Crippen LogP contribution in [-0.2, 0) is 9.59 Å². The van der Waals surface area contributed by atoms with Crippen molar-refractivity contribution >= 4 is 33.4 Å². The lowest BCUT2D eigenvalue weighted by atomic mass is 9.90. The molecule has 0 N–H and O–H groups in total. The lowest BCUT2D eigenvalue weighted by molar-refractivity contribution is -0.126. The first-order valence-corrected chi connectivity index (χ1v) is 9.67. The molecule has 0 unspecified atom stereocenters. The number of anilines is 1. The van der Waals surface area contributed by atoms with Gasteiger partial charge < -0.3 is 0 Å². The van der Waals surface area contributed by atoms with Crippen LogP contribution in [0.5, 0.6) is 0 Å². The van der Waals surface area contributed by atoms with Crippen LogP contribution in [0.25, 0.3) is 0 Å². The maximum Gasteiger partial charge on any atom is 0.253 e. The minimum atomic E-state index is -0.390. The van der Waals surface area contributed by atoms with E-state index >= 15 is 0 Å². The van der Waals surface area contributed by atoms with Gasteiger partial charge in [-0.1, -0.05) is 46.3 Å². The summed E-state index contributed by atoms with van der Waals surface area (Å²) < 4.78 is 0.924. The summed E-state index contributed by atoms with van der Waals surface area (Å²) in [5.41, 5.74) is 1.75. The van der Waals surface area contributed by atoms with Crippen molar-refractivity contribution in [2.75, 3.05) is 18.0 Å². The molecule has 3 saturated heterocycles. The molecule has 2 aromatic rings. The predicted octanol–water partition coefficient (Wildman–Crippen LogP) is 2.98. The van der Waals surface area contributed by atoms with Gasteiger partial charge in [-0.15, -0.1) is 0 Å². The van der Waals surface area contributed by atoms with Crippen LogP contribution >= 0.6 is 15.9 Å². The molecule has 26 heavy (non-hydrogen) atoms. The summed E-state index contributed by atoms with van der Waals surface area (Å²) in [6, 6.07) is 17.0. The number of carbonyl (C=O) groups excluding carboxylic acids is 2. The second-order valence-corrected chi connectivity index (χ2v) is 7.91. The summed E-state index contributed by atoms with van der Waals surface area (Å²) in [6.45, 7) is 1.73. The van der Waals surface area contributed by atoms with E-state index in [0.29, 0.717) is 5.69 Å². The van der Waals surface area contributed by atoms with Crippen LogP contribution in [0.3, 0.4) is 0 Å². The monoisotopic (exact) mass is 411 g/mol. The summed E-state index contributed by atoms with van der Waals surface area (Å²) in [4.78, 5) is 27.9. The maximum atomic E-state index is 13.3. The molecule has 0 aliphatic carbocycles. The highest BCUT2D eigenvalue weighted by atomic mass is 79.9. The van der Waals surface area contributed by atoms with Gasteiger partial charge in [-0.3, -0.25) is 9.59 Å². The number of rotatable bonds is 2. The summed E-state index contributed by atoms with van der Waals surface area (Å²) in [7, 11) is 0. The Kier molecular flexibility index (Phi) is 3.74. The largest absolute Gasteiger partial charge is 0.274 e. The van der Waals surface area contributed by atoms with Crippen molar-refractivity contribution in [3.05, 3.63) is 64.6 Å². The SMILES string of the molecule is O=C1[C@@H]2[C@@H](C(=O)N1c1ccc(Br)cc1)N1CCCN1[C@@H]2c1ccccc1. The maximum absolute atomic E-state index is 13.3. The van der Waals surface area contributed by atoms with Crippen molar-refractivity contribution in [2.45, 2.75) is 18.5 Å². The Labute approximate surface area is 160 Å². The Morgan fingerprint density at radius 1 is 0.808 bits per heavy atom. The number of hydrogen-bond donors (Lipinski definition) is 0. The quantitative estimate of drug-likeness (QED) is 0.712. The second-order valence-electron chi connectivity index (χ2n) is 6.99. The first kappa shape index (κ1) is 16.2. The molecule has 3 atom stereocenters. The average molecular weight is 412 g/mol. The lowest BCUT2D eigenvalue weighted by Gasteiger charge is -2.29. The van der Waals surface area contributed by atoms with Crippen molar-refractivity contribution in [1.29, 1.82) is 0 Å². The van der Waals surface area contributed by atoms with Crippen molar-refractivity contribution in [1.82, 2.24) is 10.0 Å². The number of fused-ring (bicyclic) bond motifs is 3. The first-order chi connectivity index (χ1) is 12.7. The zero-order valence-corrected chi connectivity index (χ0v) is 15.7. The molecule has 3 aliphatic heterocycles. The summed E-state index contributed by atoms with van der Waals surface area (Å²) in [6.07, 6.45) is 1.02. The minimum Gasteiger partial charge on any atom is -0.274 e. The van der Waals surface area contributed by atoms with Gasteiger partial charge in [0, 0.05) is 17.6 Å². The second kappa shape index (κ2) is 6.01. The standard InChI is InChI=1S/C20H18BrN3O2/c21-14-7-9-15(10-8-14)24-19(25)16-17(13-5-2-1-3-6-13)22-11-4-12-23(22)18(16)20(24)26/h1-3,5-10,16-18H,4,11-12H2/t16-,17+,18-/m0/s1. The van der Waals surface area contributed by atoms with Crippen LogP contribution in [0.1, 0.15) is 18.0 Å². The molecule has 3 fully saturated rings. The Morgan fingerprint density at radius 2 is 1.46 bits per heavy atom. The van der Waals surface area contributed by atoms with Crippen molar-refractivity contribution in [2.24, 2.45) is 5.92 Å². The molecule has 0 spiro atoms. The van der Waals surface area contributed by atoms with E-state index in [1.807, 2.05) is 42.5 Å². The van der Waals surface area contributed by atoms with Crippen LogP contribution in [0.4, 0.5) is 5.69 Å². The van der Waals surface area contributed by atoms with E-state index in [0.717, 1.165) is 29.5 Å². The molecule has 0 bridgehead atoms. The van der Waals surface area contributed by atoms with Crippen LogP contribution < -0.4 is 4.90 Å². The van der Waals surface area contributed by atoms with E-state index in [-0.39, 0.29) is 29.8 Å². The molecular formula is C20H18BrN3O2. The molecule has 2 amide bonds. The van der Waals surface area contributed by atoms with Gasteiger partial charge in [0.05, 0.1) is 17.6 Å². The van der Waals surface area contributed by atoms with Gasteiger partial charge in [-0.2, -0.15) is 0 Å². The molecule has 0 saturated carbocycles. The van der Waals surface area contributed by atoms with Crippen LogP contribution in [0.15, 0.2) is 59.1 Å². The van der Waals surface area contributed by atoms with Crippen LogP contribution in [0, 0.1) is 5.92 Å². The van der Waals surface area contributed by atoms with E-state index in [1.54, 1.807) is 0 Å². The van der Waals surface area contributed by atoms with E-state index in [2.05, 4.69) is 38.1 Å². The zero-order chi connectivity index (χ0) is 17.8. The fraction of sp³-hybridized carbons (Fsp3) is 0.300. The van der Waals surface area contributed by atoms with Gasteiger partial charge in [-0.05, 0) is 36.2 Å². The predicted molar refractivity (Wildman–Crippen MR) is 101 cm³/mol. The molecule has 0 aromatic heterocycles. The lowest BCUT2D eigenvalue weighted by Crippen LogP contribution is -2.44. The van der Waals surface area contributed by atoms with Crippen molar-refractivity contribution in [3.8, 4) is 0 Å². The Balaban J connectivity index is 1.58. The topological polar surface area (TPSA) is 43.9 Å². The number of nitrogens with zero attached hydrogens (tertiary/aromatic N) is 3. The third kappa shape index (κ3) is 2.22. The molecule has 6 heteroatoms. The fourth-order valence-electron chi connectivity index (χ4n) is 4.61. The molecule has 5 rings (SSSR count). The normalized spacial score (nSPS) is 28.7. The van der Waals surface area contributed by atoms with E-state index in [9.17, 15) is 9.59 Å². The summed E-state index contributed by atoms with van der Waals surface area (Å²) in [5.74, 6) is -0.549. The van der Waals surface area contributed by atoms with Gasteiger partial charge in [0.1, 0.15) is 6.04 Å². The van der Waals surface area contributed by atoms with Crippen molar-refractivity contribution in [3.63, 3.8) is 0 Å². The third-order valence-corrected chi connectivity index (χ3v) is 6.16. The van der Waals surface area contributed by atoms with Gasteiger partial charge in [0.25, 0.3) is 5.91 Å². The highest BCUT2D eigenvalue weighted by Crippen LogP contribution is 2.48. The molecule has 132 valence electrons. The Bertz CT molecular complexity index is 870. The first-order valence-electron chi connectivity index (χ1n) is 8.88.